The highest BCUT2D eigenvalue weighted by Gasteiger charge is 2.37. The molecule has 4 heteroatoms. The van der Waals surface area contributed by atoms with Gasteiger partial charge in [-0.25, -0.2) is 0 Å². The minimum absolute atomic E-state index is 0.0943. The first-order chi connectivity index (χ1) is 5.33. The Bertz CT molecular complexity index is 226. The first kappa shape index (κ1) is 7.03. The lowest BCUT2D eigenvalue weighted by Gasteiger charge is -2.15. The van der Waals surface area contributed by atoms with Gasteiger partial charge in [0.1, 0.15) is 5.76 Å². The van der Waals surface area contributed by atoms with Crippen molar-refractivity contribution in [2.24, 2.45) is 0 Å². The smallest absolute Gasteiger partial charge is 0.251 e. The molecule has 3 nitrogen and oxygen atoms in total. The summed E-state index contributed by atoms with van der Waals surface area (Å²) < 4.78 is 5.08. The normalized spacial score (nSPS) is 28.8. The van der Waals surface area contributed by atoms with E-state index in [0.29, 0.717) is 0 Å². The van der Waals surface area contributed by atoms with Crippen LogP contribution in [0.3, 0.4) is 0 Å². The molecule has 2 rings (SSSR count). The number of nitrogens with zero attached hydrogens (tertiary/aromatic N) is 1. The number of carbonyl (C=O) groups excluding carboxylic acids is 1. The van der Waals surface area contributed by atoms with E-state index in [0.717, 1.165) is 17.4 Å². The van der Waals surface area contributed by atoms with Crippen molar-refractivity contribution >= 4 is 17.7 Å². The zero-order valence-electron chi connectivity index (χ0n) is 6.24. The molecule has 0 N–H and O–H groups in total. The molecule has 1 unspecified atom stereocenters. The van der Waals surface area contributed by atoms with Gasteiger partial charge in [0.2, 0.25) is 0 Å². The molecule has 0 aromatic heterocycles. The van der Waals surface area contributed by atoms with Gasteiger partial charge in [-0.1, -0.05) is 0 Å². The highest BCUT2D eigenvalue weighted by atomic mass is 32.2. The molecule has 2 aliphatic heterocycles. The van der Waals surface area contributed by atoms with Crippen LogP contribution in [0, 0.1) is 0 Å². The summed E-state index contributed by atoms with van der Waals surface area (Å²) in [5.74, 6) is 2.70. The fourth-order valence-corrected chi connectivity index (χ4v) is 2.57. The molecular formula is C7H9NO2S. The molecule has 1 fully saturated rings. The van der Waals surface area contributed by atoms with Crippen molar-refractivity contribution in [2.45, 2.75) is 6.04 Å². The van der Waals surface area contributed by atoms with E-state index in [1.807, 2.05) is 4.90 Å². The summed E-state index contributed by atoms with van der Waals surface area (Å²) >= 11 is 1.77. The number of hydrogen-bond donors (Lipinski definition) is 0. The van der Waals surface area contributed by atoms with Gasteiger partial charge in [0.25, 0.3) is 5.91 Å². The van der Waals surface area contributed by atoms with E-state index in [-0.39, 0.29) is 11.9 Å². The zero-order valence-corrected chi connectivity index (χ0v) is 7.06. The molecule has 0 saturated carbocycles. The van der Waals surface area contributed by atoms with Gasteiger partial charge in [0.15, 0.2) is 0 Å². The molecule has 0 radical (unpaired) electrons. The number of ether oxygens (including phenoxy) is 1. The molecular weight excluding hydrogens is 162 g/mol. The second kappa shape index (κ2) is 2.44. The van der Waals surface area contributed by atoms with Crippen LogP contribution in [-0.4, -0.2) is 35.6 Å². The van der Waals surface area contributed by atoms with Crippen molar-refractivity contribution in [1.29, 1.82) is 0 Å². The van der Waals surface area contributed by atoms with Crippen molar-refractivity contribution in [3.05, 3.63) is 11.8 Å². The lowest BCUT2D eigenvalue weighted by Crippen LogP contribution is -2.30. The van der Waals surface area contributed by atoms with E-state index in [4.69, 9.17) is 4.74 Å². The van der Waals surface area contributed by atoms with Crippen molar-refractivity contribution in [3.8, 4) is 0 Å². The molecule has 0 aliphatic carbocycles. The Labute approximate surface area is 69.4 Å². The van der Waals surface area contributed by atoms with Crippen LogP contribution in [0.25, 0.3) is 0 Å². The quantitative estimate of drug-likeness (QED) is 0.573. The second-order valence-corrected chi connectivity index (χ2v) is 3.57. The fraction of sp³-hybridized carbons (Fsp3) is 0.571. The third-order valence-electron chi connectivity index (χ3n) is 2.00. The standard InChI is InChI=1S/C7H9NO2S/c1-10-6-2-7(9)8-4-11-3-5(6)8/h2,5H,3-4H2,1H3. The zero-order chi connectivity index (χ0) is 7.84. The molecule has 1 amide bonds. The molecule has 0 aromatic carbocycles. The molecule has 2 aliphatic rings. The predicted octanol–water partition coefficient (Wildman–Crippen LogP) is 0.432. The Hall–Kier alpha value is -0.640. The van der Waals surface area contributed by atoms with Crippen LogP contribution >= 0.6 is 11.8 Å². The van der Waals surface area contributed by atoms with Crippen LogP contribution in [-0.2, 0) is 9.53 Å². The molecule has 1 atom stereocenters. The maximum Gasteiger partial charge on any atom is 0.251 e. The van der Waals surface area contributed by atoms with Crippen molar-refractivity contribution in [2.75, 3.05) is 18.7 Å². The van der Waals surface area contributed by atoms with Gasteiger partial charge in [-0.2, -0.15) is 0 Å². The lowest BCUT2D eigenvalue weighted by molar-refractivity contribution is -0.124. The fourth-order valence-electron chi connectivity index (χ4n) is 1.39. The van der Waals surface area contributed by atoms with Crippen LogP contribution in [0.4, 0.5) is 0 Å². The third kappa shape index (κ3) is 0.929. The van der Waals surface area contributed by atoms with Crippen LogP contribution in [0.15, 0.2) is 11.8 Å². The molecule has 2 heterocycles. The largest absolute Gasteiger partial charge is 0.499 e. The average molecular weight is 171 g/mol. The van der Waals surface area contributed by atoms with E-state index >= 15 is 0 Å². The van der Waals surface area contributed by atoms with Crippen LogP contribution in [0.5, 0.6) is 0 Å². The summed E-state index contributed by atoms with van der Waals surface area (Å²) in [7, 11) is 1.62. The molecule has 1 saturated heterocycles. The number of thioether (sulfide) groups is 1. The summed E-state index contributed by atoms with van der Waals surface area (Å²) in [5.41, 5.74) is 0. The van der Waals surface area contributed by atoms with E-state index < -0.39 is 0 Å². The second-order valence-electron chi connectivity index (χ2n) is 2.57. The van der Waals surface area contributed by atoms with Gasteiger partial charge in [-0.3, -0.25) is 4.79 Å². The van der Waals surface area contributed by atoms with E-state index in [9.17, 15) is 4.79 Å². The summed E-state index contributed by atoms with van der Waals surface area (Å²) in [6, 6.07) is 0.220. The first-order valence-corrected chi connectivity index (χ1v) is 4.62. The van der Waals surface area contributed by atoms with Crippen molar-refractivity contribution in [3.63, 3.8) is 0 Å². The van der Waals surface area contributed by atoms with E-state index in [2.05, 4.69) is 0 Å². The topological polar surface area (TPSA) is 29.5 Å². The number of carbonyl (C=O) groups is 1. The molecule has 0 spiro atoms. The number of amides is 1. The molecule has 0 aromatic rings. The Morgan fingerprint density at radius 2 is 2.64 bits per heavy atom. The van der Waals surface area contributed by atoms with Gasteiger partial charge in [0, 0.05) is 11.8 Å². The van der Waals surface area contributed by atoms with Crippen LogP contribution in [0.2, 0.25) is 0 Å². The minimum atomic E-state index is 0.0943. The van der Waals surface area contributed by atoms with Crippen molar-refractivity contribution < 1.29 is 9.53 Å². The van der Waals surface area contributed by atoms with Crippen molar-refractivity contribution in [1.82, 2.24) is 4.90 Å². The summed E-state index contributed by atoms with van der Waals surface area (Å²) in [6.07, 6.45) is 1.59. The average Bonchev–Trinajstić information content (AvgIpc) is 2.54. The van der Waals surface area contributed by atoms with E-state index in [1.165, 1.54) is 0 Å². The highest BCUT2D eigenvalue weighted by molar-refractivity contribution is 7.99. The minimum Gasteiger partial charge on any atom is -0.499 e. The SMILES string of the molecule is COC1=CC(=O)N2CSCC12. The Kier molecular flexibility index (Phi) is 1.56. The van der Waals surface area contributed by atoms with Gasteiger partial charge in [-0.05, 0) is 0 Å². The monoisotopic (exact) mass is 171 g/mol. The summed E-state index contributed by atoms with van der Waals surface area (Å²) in [5, 5.41) is 0. The number of hydrogen-bond acceptors (Lipinski definition) is 3. The molecule has 11 heavy (non-hydrogen) atoms. The van der Waals surface area contributed by atoms with Crippen LogP contribution in [0.1, 0.15) is 0 Å². The molecule has 60 valence electrons. The van der Waals surface area contributed by atoms with Gasteiger partial charge < -0.3 is 9.64 Å². The van der Waals surface area contributed by atoms with Gasteiger partial charge >= 0.3 is 0 Å². The van der Waals surface area contributed by atoms with Gasteiger partial charge in [-0.15, -0.1) is 11.8 Å². The Morgan fingerprint density at radius 1 is 1.82 bits per heavy atom. The maximum atomic E-state index is 11.2. The summed E-state index contributed by atoms with van der Waals surface area (Å²) in [4.78, 5) is 13.0. The number of methoxy groups -OCH3 is 1. The Balaban J connectivity index is 2.24. The predicted molar refractivity (Wildman–Crippen MR) is 43.1 cm³/mol. The third-order valence-corrected chi connectivity index (χ3v) is 3.01. The molecule has 0 bridgehead atoms. The summed E-state index contributed by atoms with van der Waals surface area (Å²) in [6.45, 7) is 0. The highest BCUT2D eigenvalue weighted by Crippen LogP contribution is 2.30. The van der Waals surface area contributed by atoms with E-state index in [1.54, 1.807) is 24.9 Å². The number of rotatable bonds is 1. The van der Waals surface area contributed by atoms with Crippen LogP contribution < -0.4 is 0 Å². The lowest BCUT2D eigenvalue weighted by atomic mass is 10.3. The van der Waals surface area contributed by atoms with Gasteiger partial charge in [0.05, 0.1) is 19.0 Å². The Morgan fingerprint density at radius 3 is 3.36 bits per heavy atom. The number of fused-ring (bicyclic) bond motifs is 1. The first-order valence-electron chi connectivity index (χ1n) is 3.47. The maximum absolute atomic E-state index is 11.2.